The molecule has 0 saturated carbocycles. The van der Waals surface area contributed by atoms with Crippen LogP contribution in [0.15, 0.2) is 30.3 Å². The summed E-state index contributed by atoms with van der Waals surface area (Å²) in [5, 5.41) is 11.4. The number of rotatable bonds is 5. The Morgan fingerprint density at radius 2 is 2.05 bits per heavy atom. The van der Waals surface area contributed by atoms with Crippen LogP contribution in [0.1, 0.15) is 12.5 Å². The fourth-order valence-corrected chi connectivity index (χ4v) is 1.71. The van der Waals surface area contributed by atoms with Gasteiger partial charge in [-0.25, -0.2) is 9.69 Å². The molecule has 0 bridgehead atoms. The highest BCUT2D eigenvalue weighted by atomic mass is 16.5. The molecule has 6 heteroatoms. The van der Waals surface area contributed by atoms with E-state index in [4.69, 9.17) is 5.26 Å². The van der Waals surface area contributed by atoms with Crippen molar-refractivity contribution in [1.29, 1.82) is 5.26 Å². The standard InChI is InChI=1S/C14H17N3O3/c1-3-17(10-15)13(18)12(16-14(19)20-2)9-11-7-5-4-6-8-11/h4-8,12H,3,9H2,1-2H3,(H,16,19). The van der Waals surface area contributed by atoms with Gasteiger partial charge in [0.2, 0.25) is 0 Å². The summed E-state index contributed by atoms with van der Waals surface area (Å²) < 4.78 is 4.51. The molecule has 0 spiro atoms. The number of alkyl carbamates (subject to hydrolysis) is 1. The Hall–Kier alpha value is -2.55. The smallest absolute Gasteiger partial charge is 0.407 e. The van der Waals surface area contributed by atoms with Crippen LogP contribution < -0.4 is 5.32 Å². The minimum atomic E-state index is -0.829. The van der Waals surface area contributed by atoms with E-state index in [1.807, 2.05) is 30.3 Å². The Labute approximate surface area is 117 Å². The Morgan fingerprint density at radius 3 is 2.55 bits per heavy atom. The van der Waals surface area contributed by atoms with Crippen LogP contribution in [0.3, 0.4) is 0 Å². The highest BCUT2D eigenvalue weighted by molar-refractivity contribution is 5.87. The summed E-state index contributed by atoms with van der Waals surface area (Å²) in [5.41, 5.74) is 0.885. The van der Waals surface area contributed by atoms with Crippen LogP contribution in [0.5, 0.6) is 0 Å². The van der Waals surface area contributed by atoms with E-state index >= 15 is 0 Å². The lowest BCUT2D eigenvalue weighted by Gasteiger charge is -2.21. The summed E-state index contributed by atoms with van der Waals surface area (Å²) in [4.78, 5) is 24.5. The zero-order valence-corrected chi connectivity index (χ0v) is 11.5. The molecule has 0 aromatic heterocycles. The normalized spacial score (nSPS) is 11.1. The van der Waals surface area contributed by atoms with Crippen molar-refractivity contribution in [3.63, 3.8) is 0 Å². The Balaban J connectivity index is 2.88. The summed E-state index contributed by atoms with van der Waals surface area (Å²) in [6.07, 6.45) is 1.40. The number of nitrogens with zero attached hydrogens (tertiary/aromatic N) is 2. The average Bonchev–Trinajstić information content (AvgIpc) is 2.48. The molecule has 0 radical (unpaired) electrons. The van der Waals surface area contributed by atoms with E-state index in [0.29, 0.717) is 6.42 Å². The number of ether oxygens (including phenoxy) is 1. The number of carbonyl (C=O) groups excluding carboxylic acids is 2. The molecule has 20 heavy (non-hydrogen) atoms. The van der Waals surface area contributed by atoms with Gasteiger partial charge in [-0.2, -0.15) is 5.26 Å². The van der Waals surface area contributed by atoms with E-state index in [1.165, 1.54) is 7.11 Å². The Bertz CT molecular complexity index is 496. The van der Waals surface area contributed by atoms with Crippen molar-refractivity contribution < 1.29 is 14.3 Å². The van der Waals surface area contributed by atoms with Crippen LogP contribution in [-0.2, 0) is 16.0 Å². The van der Waals surface area contributed by atoms with E-state index in [1.54, 1.807) is 13.1 Å². The van der Waals surface area contributed by atoms with Crippen molar-refractivity contribution in [2.75, 3.05) is 13.7 Å². The molecule has 2 amide bonds. The van der Waals surface area contributed by atoms with Gasteiger partial charge in [0.1, 0.15) is 6.04 Å². The lowest BCUT2D eigenvalue weighted by Crippen LogP contribution is -2.48. The van der Waals surface area contributed by atoms with Crippen LogP contribution >= 0.6 is 0 Å². The van der Waals surface area contributed by atoms with Crippen molar-refractivity contribution >= 4 is 12.0 Å². The summed E-state index contributed by atoms with van der Waals surface area (Å²) in [6.45, 7) is 1.95. The molecule has 106 valence electrons. The topological polar surface area (TPSA) is 82.4 Å². The molecule has 0 aliphatic heterocycles. The molecule has 1 rings (SSSR count). The van der Waals surface area contributed by atoms with Crippen molar-refractivity contribution in [3.05, 3.63) is 35.9 Å². The van der Waals surface area contributed by atoms with Crippen LogP contribution in [0.4, 0.5) is 4.79 Å². The number of hydrogen-bond acceptors (Lipinski definition) is 4. The maximum Gasteiger partial charge on any atom is 0.407 e. The van der Waals surface area contributed by atoms with Crippen LogP contribution in [0, 0.1) is 11.5 Å². The molecular weight excluding hydrogens is 258 g/mol. The third kappa shape index (κ3) is 4.28. The molecule has 1 unspecified atom stereocenters. The predicted octanol–water partition coefficient (Wildman–Crippen LogP) is 1.28. The quantitative estimate of drug-likeness (QED) is 0.648. The molecule has 0 aliphatic carbocycles. The first-order valence-electron chi connectivity index (χ1n) is 6.21. The van der Waals surface area contributed by atoms with Gasteiger partial charge in [-0.05, 0) is 12.5 Å². The zero-order chi connectivity index (χ0) is 15.0. The summed E-state index contributed by atoms with van der Waals surface area (Å²) in [5.74, 6) is -0.454. The highest BCUT2D eigenvalue weighted by Gasteiger charge is 2.25. The molecule has 0 saturated heterocycles. The third-order valence-electron chi connectivity index (χ3n) is 2.76. The average molecular weight is 275 g/mol. The van der Waals surface area contributed by atoms with Crippen molar-refractivity contribution in [2.24, 2.45) is 0 Å². The second-order valence-electron chi connectivity index (χ2n) is 4.06. The number of benzene rings is 1. The first kappa shape index (κ1) is 15.5. The van der Waals surface area contributed by atoms with Gasteiger partial charge in [0.05, 0.1) is 7.11 Å². The van der Waals surface area contributed by atoms with E-state index in [-0.39, 0.29) is 6.54 Å². The number of amides is 2. The second kappa shape index (κ2) is 7.79. The highest BCUT2D eigenvalue weighted by Crippen LogP contribution is 2.06. The molecule has 0 heterocycles. The maximum atomic E-state index is 12.2. The van der Waals surface area contributed by atoms with E-state index < -0.39 is 18.0 Å². The van der Waals surface area contributed by atoms with E-state index in [0.717, 1.165) is 10.5 Å². The molecule has 0 aliphatic rings. The molecule has 0 fully saturated rings. The molecule has 1 N–H and O–H groups in total. The number of likely N-dealkylation sites (N-methyl/N-ethyl adjacent to an activating group) is 1. The van der Waals surface area contributed by atoms with Gasteiger partial charge in [-0.1, -0.05) is 30.3 Å². The van der Waals surface area contributed by atoms with Crippen LogP contribution in [-0.4, -0.2) is 36.6 Å². The summed E-state index contributed by atoms with van der Waals surface area (Å²) in [7, 11) is 1.22. The minimum absolute atomic E-state index is 0.253. The van der Waals surface area contributed by atoms with Gasteiger partial charge >= 0.3 is 6.09 Å². The van der Waals surface area contributed by atoms with Gasteiger partial charge in [-0.15, -0.1) is 0 Å². The van der Waals surface area contributed by atoms with Gasteiger partial charge in [0.25, 0.3) is 5.91 Å². The first-order chi connectivity index (χ1) is 9.62. The predicted molar refractivity (Wildman–Crippen MR) is 72.5 cm³/mol. The Kier molecular flexibility index (Phi) is 6.04. The SMILES string of the molecule is CCN(C#N)C(=O)C(Cc1ccccc1)NC(=O)OC. The number of nitriles is 1. The van der Waals surface area contributed by atoms with Gasteiger partial charge in [-0.3, -0.25) is 4.79 Å². The maximum absolute atomic E-state index is 12.2. The second-order valence-corrected chi connectivity index (χ2v) is 4.06. The van der Waals surface area contributed by atoms with Gasteiger partial charge < -0.3 is 10.1 Å². The van der Waals surface area contributed by atoms with Gasteiger partial charge in [0.15, 0.2) is 6.19 Å². The first-order valence-corrected chi connectivity index (χ1v) is 6.21. The molecule has 1 aromatic carbocycles. The summed E-state index contributed by atoms with van der Waals surface area (Å²) in [6, 6.07) is 8.42. The molecule has 6 nitrogen and oxygen atoms in total. The van der Waals surface area contributed by atoms with Crippen molar-refractivity contribution in [2.45, 2.75) is 19.4 Å². The molecular formula is C14H17N3O3. The number of hydrogen-bond donors (Lipinski definition) is 1. The molecule has 1 aromatic rings. The number of carbonyl (C=O) groups is 2. The molecule has 1 atom stereocenters. The fraction of sp³-hybridized carbons (Fsp3) is 0.357. The van der Waals surface area contributed by atoms with Crippen molar-refractivity contribution in [1.82, 2.24) is 10.2 Å². The summed E-state index contributed by atoms with van der Waals surface area (Å²) >= 11 is 0. The van der Waals surface area contributed by atoms with E-state index in [9.17, 15) is 9.59 Å². The number of nitrogens with one attached hydrogen (secondary N) is 1. The number of methoxy groups -OCH3 is 1. The largest absolute Gasteiger partial charge is 0.453 e. The lowest BCUT2D eigenvalue weighted by atomic mass is 10.1. The zero-order valence-electron chi connectivity index (χ0n) is 11.5. The van der Waals surface area contributed by atoms with Gasteiger partial charge in [0, 0.05) is 13.0 Å². The Morgan fingerprint density at radius 1 is 1.40 bits per heavy atom. The van der Waals surface area contributed by atoms with Crippen molar-refractivity contribution in [3.8, 4) is 6.19 Å². The minimum Gasteiger partial charge on any atom is -0.453 e. The van der Waals surface area contributed by atoms with Crippen LogP contribution in [0.25, 0.3) is 0 Å². The fourth-order valence-electron chi connectivity index (χ4n) is 1.71. The van der Waals surface area contributed by atoms with E-state index in [2.05, 4.69) is 10.1 Å². The van der Waals surface area contributed by atoms with Crippen LogP contribution in [0.2, 0.25) is 0 Å². The lowest BCUT2D eigenvalue weighted by molar-refractivity contribution is -0.130. The monoisotopic (exact) mass is 275 g/mol. The third-order valence-corrected chi connectivity index (χ3v) is 2.76.